The summed E-state index contributed by atoms with van der Waals surface area (Å²) in [6, 6.07) is 3.37. The number of cyclic esters (lactones) is 2. The number of aliphatic hydroxyl groups is 1. The molecule has 1 N–H and O–H groups in total. The van der Waals surface area contributed by atoms with Crippen molar-refractivity contribution < 1.29 is 33.8 Å². The van der Waals surface area contributed by atoms with Crippen LogP contribution in [0, 0.1) is 22.7 Å². The second kappa shape index (κ2) is 14.4. The molecule has 15 heteroatoms. The fraction of sp³-hybridized carbons (Fsp3) is 0.304. The van der Waals surface area contributed by atoms with E-state index >= 15 is 0 Å². The molecule has 1 aliphatic carbocycles. The van der Waals surface area contributed by atoms with Gasteiger partial charge in [-0.1, -0.05) is 23.5 Å². The lowest BCUT2D eigenvalue weighted by Crippen LogP contribution is -2.24. The number of nitriles is 2. The summed E-state index contributed by atoms with van der Waals surface area (Å²) in [5.41, 5.74) is 1.35. The van der Waals surface area contributed by atoms with Crippen LogP contribution < -0.4 is 0 Å². The Kier molecular flexibility index (Phi) is 11.3. The Labute approximate surface area is 225 Å². The van der Waals surface area contributed by atoms with E-state index < -0.39 is 23.7 Å². The maximum Gasteiger partial charge on any atom is 0.365 e. The molecule has 0 atom stereocenters. The van der Waals surface area contributed by atoms with E-state index in [1.807, 2.05) is 6.26 Å². The van der Waals surface area contributed by atoms with Crippen molar-refractivity contribution in [3.63, 3.8) is 0 Å². The van der Waals surface area contributed by atoms with E-state index in [1.54, 1.807) is 25.3 Å². The van der Waals surface area contributed by atoms with Gasteiger partial charge in [-0.05, 0) is 19.4 Å². The summed E-state index contributed by atoms with van der Waals surface area (Å²) in [5, 5.41) is 27.4. The summed E-state index contributed by atoms with van der Waals surface area (Å²) in [5.74, 6) is -2.42. The van der Waals surface area contributed by atoms with Crippen LogP contribution in [0.1, 0.15) is 40.7 Å². The van der Waals surface area contributed by atoms with Crippen LogP contribution in [0.2, 0.25) is 0 Å². The molecular formula is C23H20N6O7S2. The van der Waals surface area contributed by atoms with Crippen molar-refractivity contribution in [3.8, 4) is 12.1 Å². The minimum absolute atomic E-state index is 0.0652. The third kappa shape index (κ3) is 7.83. The second-order valence-electron chi connectivity index (χ2n) is 6.97. The van der Waals surface area contributed by atoms with Crippen LogP contribution in [0.4, 0.5) is 0 Å². The summed E-state index contributed by atoms with van der Waals surface area (Å²) in [6.45, 7) is 2.05. The van der Waals surface area contributed by atoms with Crippen molar-refractivity contribution in [2.75, 3.05) is 19.1 Å². The maximum absolute atomic E-state index is 11.5. The van der Waals surface area contributed by atoms with Crippen molar-refractivity contribution >= 4 is 53.0 Å². The Balaban J connectivity index is 0.000000212. The van der Waals surface area contributed by atoms with Crippen molar-refractivity contribution in [1.82, 2.24) is 19.9 Å². The number of thioether (sulfide) groups is 2. The maximum atomic E-state index is 11.5. The van der Waals surface area contributed by atoms with Gasteiger partial charge in [-0.15, -0.1) is 0 Å². The van der Waals surface area contributed by atoms with Crippen LogP contribution in [0.15, 0.2) is 28.3 Å². The molecule has 0 spiro atoms. The minimum atomic E-state index is -0.686. The second-order valence-corrected chi connectivity index (χ2v) is 8.52. The normalized spacial score (nSPS) is 13.2. The number of esters is 3. The van der Waals surface area contributed by atoms with E-state index in [2.05, 4.69) is 29.4 Å². The van der Waals surface area contributed by atoms with Crippen LogP contribution in [-0.4, -0.2) is 67.9 Å². The molecule has 196 valence electrons. The molecule has 2 aromatic heterocycles. The van der Waals surface area contributed by atoms with E-state index in [-0.39, 0.29) is 42.0 Å². The zero-order chi connectivity index (χ0) is 28.2. The molecule has 3 heterocycles. The van der Waals surface area contributed by atoms with Gasteiger partial charge in [-0.2, -0.15) is 10.5 Å². The van der Waals surface area contributed by atoms with E-state index in [0.29, 0.717) is 28.0 Å². The van der Waals surface area contributed by atoms with E-state index in [0.717, 1.165) is 0 Å². The number of aromatic nitrogens is 4. The highest BCUT2D eigenvalue weighted by molar-refractivity contribution is 7.98. The number of rotatable bonds is 4. The van der Waals surface area contributed by atoms with Crippen LogP contribution in [0.3, 0.4) is 0 Å². The predicted molar refractivity (Wildman–Crippen MR) is 132 cm³/mol. The van der Waals surface area contributed by atoms with Crippen molar-refractivity contribution in [2.24, 2.45) is 0 Å². The van der Waals surface area contributed by atoms with Crippen LogP contribution in [0.5, 0.6) is 0 Å². The number of hydrogen-bond donors (Lipinski definition) is 1. The number of allylic oxidation sites excluding steroid dienone is 1. The Morgan fingerprint density at radius 3 is 2.16 bits per heavy atom. The summed E-state index contributed by atoms with van der Waals surface area (Å²) >= 11 is 2.66. The van der Waals surface area contributed by atoms with Gasteiger partial charge in [0.2, 0.25) is 0 Å². The molecule has 4 rings (SSSR count). The minimum Gasteiger partial charge on any atom is -0.504 e. The van der Waals surface area contributed by atoms with E-state index in [4.69, 9.17) is 10.5 Å². The fourth-order valence-corrected chi connectivity index (χ4v) is 3.55. The SMILES string of the molecule is CCOC(=O)CC#N.CSc1ncc2c(n1)C(=O)OC(=O)C2.CSc1ncc2c(n1)C(O)=C(C#N)C(=O)C2. The molecule has 13 nitrogen and oxygen atoms in total. The Morgan fingerprint density at radius 2 is 1.63 bits per heavy atom. The standard InChI is InChI=1S/C10H7N3O2S.C8H6N2O3S.C5H7NO2/c1-16-10-12-4-5-2-7(14)6(3-11)9(15)8(5)13-10;1-14-8-9-3-4-2-5(11)13-7(12)6(4)10-8;1-2-8-5(7)3-4-6/h4,15H,2H2,1H3;3H,2H2,1H3;2-3H2,1H3. The molecule has 0 bridgehead atoms. The lowest BCUT2D eigenvalue weighted by molar-refractivity contribution is -0.142. The highest BCUT2D eigenvalue weighted by Crippen LogP contribution is 2.26. The number of aliphatic hydroxyl groups excluding tert-OH is 1. The van der Waals surface area contributed by atoms with Gasteiger partial charge in [-0.3, -0.25) is 14.4 Å². The summed E-state index contributed by atoms with van der Waals surface area (Å²) < 4.78 is 8.86. The first kappa shape index (κ1) is 29.9. The van der Waals surface area contributed by atoms with Gasteiger partial charge >= 0.3 is 17.9 Å². The first-order chi connectivity index (χ1) is 18.2. The number of ether oxygens (including phenoxy) is 2. The van der Waals surface area contributed by atoms with Gasteiger partial charge in [0.05, 0.1) is 19.1 Å². The van der Waals surface area contributed by atoms with E-state index in [1.165, 1.54) is 35.9 Å². The van der Waals surface area contributed by atoms with Gasteiger partial charge < -0.3 is 14.6 Å². The number of ketones is 1. The zero-order valence-corrected chi connectivity index (χ0v) is 22.0. The van der Waals surface area contributed by atoms with Crippen molar-refractivity contribution in [3.05, 3.63) is 40.5 Å². The average Bonchev–Trinajstić information content (AvgIpc) is 2.89. The first-order valence-corrected chi connectivity index (χ1v) is 13.1. The molecule has 0 saturated heterocycles. The Bertz CT molecular complexity index is 1380. The van der Waals surface area contributed by atoms with Gasteiger partial charge in [0.1, 0.15) is 23.8 Å². The van der Waals surface area contributed by atoms with Gasteiger partial charge in [0.15, 0.2) is 27.5 Å². The van der Waals surface area contributed by atoms with Crippen LogP contribution in [0.25, 0.3) is 5.76 Å². The first-order valence-electron chi connectivity index (χ1n) is 10.6. The van der Waals surface area contributed by atoms with Gasteiger partial charge in [-0.25, -0.2) is 24.7 Å². The molecule has 0 saturated carbocycles. The van der Waals surface area contributed by atoms with E-state index in [9.17, 15) is 24.3 Å². The quantitative estimate of drug-likeness (QED) is 0.247. The van der Waals surface area contributed by atoms with Crippen molar-refractivity contribution in [2.45, 2.75) is 36.5 Å². The molecule has 0 fully saturated rings. The topological polar surface area (TPSA) is 206 Å². The summed E-state index contributed by atoms with van der Waals surface area (Å²) in [7, 11) is 0. The third-order valence-corrected chi connectivity index (χ3v) is 5.64. The molecule has 2 aromatic rings. The van der Waals surface area contributed by atoms with Gasteiger partial charge in [0.25, 0.3) is 0 Å². The molecule has 0 aromatic carbocycles. The lowest BCUT2D eigenvalue weighted by Gasteiger charge is -2.13. The molecule has 1 aliphatic heterocycles. The van der Waals surface area contributed by atoms with Crippen LogP contribution >= 0.6 is 23.5 Å². The zero-order valence-electron chi connectivity index (χ0n) is 20.4. The largest absolute Gasteiger partial charge is 0.504 e. The molecule has 2 aliphatic rings. The molecular weight excluding hydrogens is 536 g/mol. The van der Waals surface area contributed by atoms with Crippen LogP contribution in [-0.2, 0) is 36.7 Å². The Morgan fingerprint density at radius 1 is 1.05 bits per heavy atom. The number of carbonyl (C=O) groups excluding carboxylic acids is 4. The number of hydrogen-bond acceptors (Lipinski definition) is 15. The number of fused-ring (bicyclic) bond motifs is 2. The molecule has 0 unspecified atom stereocenters. The molecule has 38 heavy (non-hydrogen) atoms. The van der Waals surface area contributed by atoms with Gasteiger partial charge in [0, 0.05) is 29.9 Å². The fourth-order valence-electron chi connectivity index (χ4n) is 2.87. The predicted octanol–water partition coefficient (Wildman–Crippen LogP) is 2.02. The highest BCUT2D eigenvalue weighted by Gasteiger charge is 2.28. The molecule has 0 amide bonds. The van der Waals surface area contributed by atoms with Crippen molar-refractivity contribution in [1.29, 1.82) is 10.5 Å². The third-order valence-electron chi connectivity index (χ3n) is 4.52. The number of nitrogens with zero attached hydrogens (tertiary/aromatic N) is 6. The number of carbonyl (C=O) groups is 4. The summed E-state index contributed by atoms with van der Waals surface area (Å²) in [4.78, 5) is 59.8. The average molecular weight is 557 g/mol. The lowest BCUT2D eigenvalue weighted by atomic mass is 9.95. The smallest absolute Gasteiger partial charge is 0.365 e. The highest BCUT2D eigenvalue weighted by atomic mass is 32.2. The molecule has 0 radical (unpaired) electrons. The Hall–Kier alpha value is -4.34. The summed E-state index contributed by atoms with van der Waals surface area (Å²) in [6.07, 6.45) is 6.60. The number of Topliss-reactive ketones (excluding diaryl/α,β-unsaturated/α-hetero) is 1. The monoisotopic (exact) mass is 556 g/mol.